The zero-order valence-electron chi connectivity index (χ0n) is 16.6. The van der Waals surface area contributed by atoms with Crippen LogP contribution in [0.15, 0.2) is 46.2 Å². The number of hydrogen-bond acceptors (Lipinski definition) is 6. The van der Waals surface area contributed by atoms with Crippen LogP contribution in [0.25, 0.3) is 0 Å². The van der Waals surface area contributed by atoms with Gasteiger partial charge in [0.2, 0.25) is 0 Å². The van der Waals surface area contributed by atoms with Crippen molar-refractivity contribution in [2.75, 3.05) is 6.61 Å². The first-order valence-corrected chi connectivity index (χ1v) is 10.5. The van der Waals surface area contributed by atoms with Gasteiger partial charge in [0.15, 0.2) is 0 Å². The van der Waals surface area contributed by atoms with Gasteiger partial charge in [-0.1, -0.05) is 30.0 Å². The van der Waals surface area contributed by atoms with Crippen molar-refractivity contribution in [3.63, 3.8) is 0 Å². The monoisotopic (exact) mass is 409 g/mol. The predicted molar refractivity (Wildman–Crippen MR) is 110 cm³/mol. The van der Waals surface area contributed by atoms with Crippen LogP contribution in [0, 0.1) is 11.3 Å². The number of carbonyl (C=O) groups excluding carboxylic acids is 2. The van der Waals surface area contributed by atoms with Gasteiger partial charge in [0.25, 0.3) is 0 Å². The first kappa shape index (κ1) is 20.9. The van der Waals surface area contributed by atoms with Crippen LogP contribution in [0.1, 0.15) is 55.0 Å². The molecule has 150 valence electrons. The Morgan fingerprint density at radius 3 is 2.59 bits per heavy atom. The van der Waals surface area contributed by atoms with Gasteiger partial charge in [0.05, 0.1) is 31.1 Å². The van der Waals surface area contributed by atoms with Gasteiger partial charge < -0.3 is 9.47 Å². The molecule has 1 atom stereocenters. The number of nitrogens with zero attached hydrogens (tertiary/aromatic N) is 1. The number of carbonyl (C=O) groups is 2. The van der Waals surface area contributed by atoms with E-state index >= 15 is 0 Å². The lowest BCUT2D eigenvalue weighted by Gasteiger charge is -2.16. The molecule has 1 aliphatic rings. The van der Waals surface area contributed by atoms with E-state index in [1.54, 1.807) is 18.7 Å². The Balaban J connectivity index is 1.67. The van der Waals surface area contributed by atoms with Gasteiger partial charge in [-0.15, -0.1) is 0 Å². The van der Waals surface area contributed by atoms with Crippen LogP contribution >= 0.6 is 11.8 Å². The summed E-state index contributed by atoms with van der Waals surface area (Å²) in [6.45, 7) is 3.87. The Labute approximate surface area is 175 Å². The van der Waals surface area contributed by atoms with Gasteiger partial charge in [0, 0.05) is 9.79 Å². The third-order valence-corrected chi connectivity index (χ3v) is 6.00. The third-order valence-electron chi connectivity index (χ3n) is 4.78. The van der Waals surface area contributed by atoms with E-state index in [1.807, 2.05) is 37.3 Å². The first-order valence-electron chi connectivity index (χ1n) is 9.69. The maximum atomic E-state index is 12.0. The molecule has 1 aliphatic heterocycles. The average Bonchev–Trinajstić information content (AvgIpc) is 2.90. The van der Waals surface area contributed by atoms with Crippen LogP contribution < -0.4 is 0 Å². The zero-order chi connectivity index (χ0) is 20.8. The van der Waals surface area contributed by atoms with Crippen LogP contribution in [-0.4, -0.2) is 18.5 Å². The molecule has 0 bridgehead atoms. The van der Waals surface area contributed by atoms with Crippen LogP contribution in [-0.2, 0) is 31.9 Å². The summed E-state index contributed by atoms with van der Waals surface area (Å²) in [5.74, 6) is -0.801. The van der Waals surface area contributed by atoms with Crippen molar-refractivity contribution in [3.05, 3.63) is 58.7 Å². The van der Waals surface area contributed by atoms with Crippen molar-refractivity contribution in [3.8, 4) is 6.07 Å². The highest BCUT2D eigenvalue weighted by atomic mass is 32.2. The van der Waals surface area contributed by atoms with E-state index in [0.29, 0.717) is 12.2 Å². The van der Waals surface area contributed by atoms with E-state index in [9.17, 15) is 9.59 Å². The molecule has 1 unspecified atom stereocenters. The van der Waals surface area contributed by atoms with Gasteiger partial charge in [-0.05, 0) is 61.6 Å². The van der Waals surface area contributed by atoms with Crippen molar-refractivity contribution in [2.45, 2.75) is 55.4 Å². The molecule has 3 rings (SSSR count). The van der Waals surface area contributed by atoms with Gasteiger partial charge in [0.1, 0.15) is 6.10 Å². The molecule has 0 radical (unpaired) electrons. The molecule has 2 aromatic rings. The van der Waals surface area contributed by atoms with E-state index in [-0.39, 0.29) is 12.8 Å². The molecule has 0 spiro atoms. The van der Waals surface area contributed by atoms with E-state index in [0.717, 1.165) is 28.2 Å². The van der Waals surface area contributed by atoms with Crippen LogP contribution in [0.2, 0.25) is 0 Å². The SMILES string of the molecule is CCOC(=O)CCC(=O)OC(C)c1ccc2c(c1)CCc1ccc(C#N)cc1S2. The predicted octanol–water partition coefficient (Wildman–Crippen LogP) is 4.76. The first-order chi connectivity index (χ1) is 14.0. The smallest absolute Gasteiger partial charge is 0.306 e. The van der Waals surface area contributed by atoms with Crippen LogP contribution in [0.4, 0.5) is 0 Å². The Hall–Kier alpha value is -2.78. The highest BCUT2D eigenvalue weighted by Gasteiger charge is 2.18. The average molecular weight is 410 g/mol. The molecule has 0 amide bonds. The third kappa shape index (κ3) is 5.39. The fourth-order valence-electron chi connectivity index (χ4n) is 3.22. The zero-order valence-corrected chi connectivity index (χ0v) is 17.4. The fraction of sp³-hybridized carbons (Fsp3) is 0.348. The van der Waals surface area contributed by atoms with E-state index < -0.39 is 18.0 Å². The molecule has 29 heavy (non-hydrogen) atoms. The minimum absolute atomic E-state index is 0.0144. The minimum Gasteiger partial charge on any atom is -0.466 e. The van der Waals surface area contributed by atoms with Crippen molar-refractivity contribution in [2.24, 2.45) is 0 Å². The summed E-state index contributed by atoms with van der Waals surface area (Å²) in [6.07, 6.45) is 1.44. The van der Waals surface area contributed by atoms with Gasteiger partial charge in [-0.2, -0.15) is 5.26 Å². The topological polar surface area (TPSA) is 76.4 Å². The summed E-state index contributed by atoms with van der Waals surface area (Å²) >= 11 is 1.67. The fourth-order valence-corrected chi connectivity index (χ4v) is 4.37. The molecule has 5 nitrogen and oxygen atoms in total. The second kappa shape index (κ2) is 9.62. The van der Waals surface area contributed by atoms with E-state index in [1.165, 1.54) is 11.1 Å². The van der Waals surface area contributed by atoms with Gasteiger partial charge >= 0.3 is 11.9 Å². The largest absolute Gasteiger partial charge is 0.466 e. The van der Waals surface area contributed by atoms with Crippen molar-refractivity contribution < 1.29 is 19.1 Å². The normalized spacial score (nSPS) is 13.3. The highest BCUT2D eigenvalue weighted by Crippen LogP contribution is 2.38. The molecule has 6 heteroatoms. The molecule has 0 saturated heterocycles. The lowest BCUT2D eigenvalue weighted by molar-refractivity contribution is -0.153. The number of ether oxygens (including phenoxy) is 2. The van der Waals surface area contributed by atoms with E-state index in [2.05, 4.69) is 12.1 Å². The standard InChI is InChI=1S/C23H23NO4S/c1-3-27-22(25)10-11-23(26)28-15(2)18-8-9-20-19(13-18)7-6-17-5-4-16(14-24)12-21(17)29-20/h4-5,8-9,12-13,15H,3,6-7,10-11H2,1-2H3. The Morgan fingerprint density at radius 1 is 1.07 bits per heavy atom. The second-order valence-corrected chi connectivity index (χ2v) is 7.92. The Bertz CT molecular complexity index is 964. The summed E-state index contributed by atoms with van der Waals surface area (Å²) in [6, 6.07) is 14.1. The molecule has 0 fully saturated rings. The molecule has 0 N–H and O–H groups in total. The lowest BCUT2D eigenvalue weighted by atomic mass is 10.0. The minimum atomic E-state index is -0.411. The highest BCUT2D eigenvalue weighted by molar-refractivity contribution is 7.99. The summed E-state index contributed by atoms with van der Waals surface area (Å²) in [4.78, 5) is 25.7. The molecular formula is C23H23NO4S. The van der Waals surface area contributed by atoms with Gasteiger partial charge in [-0.3, -0.25) is 9.59 Å². The summed E-state index contributed by atoms with van der Waals surface area (Å²) < 4.78 is 10.3. The van der Waals surface area contributed by atoms with Crippen molar-refractivity contribution >= 4 is 23.7 Å². The molecule has 2 aromatic carbocycles. The number of aryl methyl sites for hydroxylation is 2. The molecule has 1 heterocycles. The van der Waals surface area contributed by atoms with Crippen LogP contribution in [0.5, 0.6) is 0 Å². The van der Waals surface area contributed by atoms with Gasteiger partial charge in [-0.25, -0.2) is 0 Å². The Morgan fingerprint density at radius 2 is 1.83 bits per heavy atom. The summed E-state index contributed by atoms with van der Waals surface area (Å²) in [5, 5.41) is 9.14. The number of esters is 2. The second-order valence-electron chi connectivity index (χ2n) is 6.84. The van der Waals surface area contributed by atoms with Crippen LogP contribution in [0.3, 0.4) is 0 Å². The molecule has 0 aliphatic carbocycles. The van der Waals surface area contributed by atoms with E-state index in [4.69, 9.17) is 14.7 Å². The summed E-state index contributed by atoms with van der Waals surface area (Å²) in [7, 11) is 0. The molecule has 0 aromatic heterocycles. The number of nitriles is 1. The quantitative estimate of drug-likeness (QED) is 0.641. The van der Waals surface area contributed by atoms with Crippen molar-refractivity contribution in [1.82, 2.24) is 0 Å². The molecule has 0 saturated carbocycles. The maximum Gasteiger partial charge on any atom is 0.306 e. The number of fused-ring (bicyclic) bond motifs is 2. The molecular weight excluding hydrogens is 386 g/mol. The summed E-state index contributed by atoms with van der Waals surface area (Å²) in [5.41, 5.74) is 4.04. The number of rotatable bonds is 6. The Kier molecular flexibility index (Phi) is 6.95. The van der Waals surface area contributed by atoms with Crippen molar-refractivity contribution in [1.29, 1.82) is 5.26 Å². The maximum absolute atomic E-state index is 12.0. The number of benzene rings is 2. The number of hydrogen-bond donors (Lipinski definition) is 0. The lowest BCUT2D eigenvalue weighted by Crippen LogP contribution is -2.12.